The molecule has 0 spiro atoms. The van der Waals surface area contributed by atoms with Crippen molar-refractivity contribution >= 4 is 0 Å². The van der Waals surface area contributed by atoms with Crippen LogP contribution < -0.4 is 0 Å². The van der Waals surface area contributed by atoms with E-state index in [1.807, 2.05) is 13.8 Å². The zero-order valence-electron chi connectivity index (χ0n) is 11.2. The van der Waals surface area contributed by atoms with Gasteiger partial charge in [0.05, 0.1) is 18.8 Å². The molecule has 0 radical (unpaired) electrons. The van der Waals surface area contributed by atoms with Crippen molar-refractivity contribution in [2.45, 2.75) is 52.7 Å². The first-order valence-electron chi connectivity index (χ1n) is 6.41. The van der Waals surface area contributed by atoms with Gasteiger partial charge in [0.2, 0.25) is 0 Å². The molecule has 0 aromatic heterocycles. The molecule has 1 heterocycles. The molecule has 1 rings (SSSR count). The number of likely N-dealkylation sites (tertiary alicyclic amines) is 1. The van der Waals surface area contributed by atoms with Gasteiger partial charge in [-0.1, -0.05) is 13.8 Å². The minimum Gasteiger partial charge on any atom is -0.389 e. The first-order chi connectivity index (χ1) is 7.39. The second-order valence-electron chi connectivity index (χ2n) is 6.00. The van der Waals surface area contributed by atoms with Crippen molar-refractivity contribution in [1.29, 1.82) is 0 Å². The van der Waals surface area contributed by atoms with Crippen molar-refractivity contribution in [1.82, 2.24) is 4.90 Å². The summed E-state index contributed by atoms with van der Waals surface area (Å²) in [5.74, 6) is 0. The largest absolute Gasteiger partial charge is 0.389 e. The lowest BCUT2D eigenvalue weighted by Gasteiger charge is -2.37. The number of nitrogens with zero attached hydrogens (tertiary/aromatic N) is 1. The predicted molar refractivity (Wildman–Crippen MR) is 66.5 cm³/mol. The van der Waals surface area contributed by atoms with E-state index in [-0.39, 0.29) is 12.2 Å². The van der Waals surface area contributed by atoms with E-state index < -0.39 is 0 Å². The van der Waals surface area contributed by atoms with Crippen LogP contribution in [0.25, 0.3) is 0 Å². The number of ether oxygens (including phenoxy) is 1. The molecule has 1 aliphatic heterocycles. The highest BCUT2D eigenvalue weighted by Crippen LogP contribution is 2.29. The molecule has 0 saturated carbocycles. The van der Waals surface area contributed by atoms with Crippen LogP contribution in [-0.2, 0) is 4.74 Å². The molecule has 0 aromatic rings. The molecule has 1 atom stereocenters. The summed E-state index contributed by atoms with van der Waals surface area (Å²) in [6.07, 6.45) is 2.31. The van der Waals surface area contributed by atoms with Gasteiger partial charge >= 0.3 is 0 Å². The number of aliphatic hydroxyl groups is 1. The van der Waals surface area contributed by atoms with E-state index in [1.54, 1.807) is 0 Å². The van der Waals surface area contributed by atoms with E-state index in [1.165, 1.54) is 12.8 Å². The van der Waals surface area contributed by atoms with Crippen molar-refractivity contribution in [2.75, 3.05) is 26.2 Å². The van der Waals surface area contributed by atoms with Gasteiger partial charge in [0.1, 0.15) is 0 Å². The molecule has 1 unspecified atom stereocenters. The molecule has 3 nitrogen and oxygen atoms in total. The van der Waals surface area contributed by atoms with Gasteiger partial charge in [0.15, 0.2) is 0 Å². The Hall–Kier alpha value is -0.120. The number of β-amino-alcohol motifs (C(OH)–C–C–N with tert-alkyl or cyclic N) is 1. The molecular formula is C13H27NO2. The van der Waals surface area contributed by atoms with E-state index in [9.17, 15) is 5.11 Å². The number of rotatable bonds is 5. The lowest BCUT2D eigenvalue weighted by molar-refractivity contribution is -0.0153. The van der Waals surface area contributed by atoms with E-state index in [0.29, 0.717) is 12.0 Å². The zero-order chi connectivity index (χ0) is 12.2. The summed E-state index contributed by atoms with van der Waals surface area (Å²) in [6.45, 7) is 12.1. The SMILES string of the molecule is CC(C)OCC(O)CN1CCC(C)(C)CC1. The third kappa shape index (κ3) is 5.28. The molecule has 0 aliphatic carbocycles. The molecule has 1 saturated heterocycles. The molecular weight excluding hydrogens is 202 g/mol. The maximum Gasteiger partial charge on any atom is 0.0900 e. The minimum absolute atomic E-state index is 0.204. The van der Waals surface area contributed by atoms with Crippen molar-refractivity contribution in [3.05, 3.63) is 0 Å². The fourth-order valence-electron chi connectivity index (χ4n) is 2.00. The van der Waals surface area contributed by atoms with E-state index in [2.05, 4.69) is 18.7 Å². The first-order valence-corrected chi connectivity index (χ1v) is 6.41. The Labute approximate surface area is 99.8 Å². The van der Waals surface area contributed by atoms with Crippen LogP contribution in [0.4, 0.5) is 0 Å². The maximum absolute atomic E-state index is 9.81. The number of hydrogen-bond acceptors (Lipinski definition) is 3. The summed E-state index contributed by atoms with van der Waals surface area (Å²) < 4.78 is 5.41. The molecule has 0 bridgehead atoms. The molecule has 3 heteroatoms. The third-order valence-electron chi connectivity index (χ3n) is 3.30. The highest BCUT2D eigenvalue weighted by molar-refractivity contribution is 4.79. The summed E-state index contributed by atoms with van der Waals surface area (Å²) in [5, 5.41) is 9.81. The van der Waals surface area contributed by atoms with Crippen LogP contribution in [0.5, 0.6) is 0 Å². The van der Waals surface area contributed by atoms with Gasteiger partial charge in [-0.2, -0.15) is 0 Å². The van der Waals surface area contributed by atoms with Crippen LogP contribution in [0.1, 0.15) is 40.5 Å². The van der Waals surface area contributed by atoms with Crippen LogP contribution in [0, 0.1) is 5.41 Å². The molecule has 1 aliphatic rings. The standard InChI is InChI=1S/C13H27NO2/c1-11(2)16-10-12(15)9-14-7-5-13(3,4)6-8-14/h11-12,15H,5-10H2,1-4H3. The fraction of sp³-hybridized carbons (Fsp3) is 1.00. The monoisotopic (exact) mass is 229 g/mol. The van der Waals surface area contributed by atoms with Crippen molar-refractivity contribution < 1.29 is 9.84 Å². The summed E-state index contributed by atoms with van der Waals surface area (Å²) in [5.41, 5.74) is 0.482. The summed E-state index contributed by atoms with van der Waals surface area (Å²) >= 11 is 0. The second-order valence-corrected chi connectivity index (χ2v) is 6.00. The Morgan fingerprint density at radius 2 is 1.81 bits per heavy atom. The Bertz CT molecular complexity index is 194. The number of piperidine rings is 1. The molecule has 1 N–H and O–H groups in total. The lowest BCUT2D eigenvalue weighted by Crippen LogP contribution is -2.42. The van der Waals surface area contributed by atoms with Gasteiger partial charge in [-0.25, -0.2) is 0 Å². The quantitative estimate of drug-likeness (QED) is 0.781. The van der Waals surface area contributed by atoms with Crippen LogP contribution in [0.2, 0.25) is 0 Å². The summed E-state index contributed by atoms with van der Waals surface area (Å²) in [4.78, 5) is 2.35. The molecule has 1 fully saturated rings. The highest BCUT2D eigenvalue weighted by atomic mass is 16.5. The lowest BCUT2D eigenvalue weighted by atomic mass is 9.82. The average Bonchev–Trinajstić information content (AvgIpc) is 2.18. The fourth-order valence-corrected chi connectivity index (χ4v) is 2.00. The van der Waals surface area contributed by atoms with E-state index in [4.69, 9.17) is 4.74 Å². The Morgan fingerprint density at radius 1 is 1.25 bits per heavy atom. The topological polar surface area (TPSA) is 32.7 Å². The van der Waals surface area contributed by atoms with Gasteiger partial charge < -0.3 is 14.7 Å². The molecule has 0 amide bonds. The molecule has 16 heavy (non-hydrogen) atoms. The van der Waals surface area contributed by atoms with Gasteiger partial charge in [-0.15, -0.1) is 0 Å². The van der Waals surface area contributed by atoms with E-state index in [0.717, 1.165) is 19.6 Å². The summed E-state index contributed by atoms with van der Waals surface area (Å²) in [6, 6.07) is 0. The number of hydrogen-bond donors (Lipinski definition) is 1. The maximum atomic E-state index is 9.81. The van der Waals surface area contributed by atoms with Crippen LogP contribution in [0.3, 0.4) is 0 Å². The van der Waals surface area contributed by atoms with Crippen LogP contribution >= 0.6 is 0 Å². The first kappa shape index (κ1) is 13.9. The van der Waals surface area contributed by atoms with Crippen LogP contribution in [0.15, 0.2) is 0 Å². The van der Waals surface area contributed by atoms with Crippen molar-refractivity contribution in [3.63, 3.8) is 0 Å². The normalized spacial score (nSPS) is 23.6. The van der Waals surface area contributed by atoms with Gasteiger partial charge in [-0.3, -0.25) is 0 Å². The van der Waals surface area contributed by atoms with Gasteiger partial charge in [0, 0.05) is 6.54 Å². The predicted octanol–water partition coefficient (Wildman–Crippen LogP) is 1.89. The Kier molecular flexibility index (Phi) is 5.22. The summed E-state index contributed by atoms with van der Waals surface area (Å²) in [7, 11) is 0. The smallest absolute Gasteiger partial charge is 0.0900 e. The second kappa shape index (κ2) is 5.99. The average molecular weight is 229 g/mol. The van der Waals surface area contributed by atoms with Gasteiger partial charge in [0.25, 0.3) is 0 Å². The van der Waals surface area contributed by atoms with Crippen molar-refractivity contribution in [3.8, 4) is 0 Å². The van der Waals surface area contributed by atoms with Gasteiger partial charge in [-0.05, 0) is 45.2 Å². The van der Waals surface area contributed by atoms with Crippen molar-refractivity contribution in [2.24, 2.45) is 5.41 Å². The van der Waals surface area contributed by atoms with E-state index >= 15 is 0 Å². The third-order valence-corrected chi connectivity index (χ3v) is 3.30. The Balaban J connectivity index is 2.18. The Morgan fingerprint density at radius 3 is 2.31 bits per heavy atom. The molecule has 0 aromatic carbocycles. The highest BCUT2D eigenvalue weighted by Gasteiger charge is 2.26. The number of aliphatic hydroxyl groups excluding tert-OH is 1. The molecule has 96 valence electrons. The zero-order valence-corrected chi connectivity index (χ0v) is 11.2. The van der Waals surface area contributed by atoms with Crippen LogP contribution in [-0.4, -0.2) is 48.5 Å². The minimum atomic E-state index is -0.344.